The molecule has 0 radical (unpaired) electrons. The van der Waals surface area contributed by atoms with Crippen LogP contribution in [0.5, 0.6) is 0 Å². The molecule has 2 aromatic heterocycles. The number of nitrogen functional groups attached to an aromatic ring is 1. The van der Waals surface area contributed by atoms with Crippen molar-refractivity contribution in [2.24, 2.45) is 5.41 Å². The van der Waals surface area contributed by atoms with Gasteiger partial charge in [-0.25, -0.2) is 4.98 Å². The highest BCUT2D eigenvalue weighted by molar-refractivity contribution is 6.28. The summed E-state index contributed by atoms with van der Waals surface area (Å²) in [5, 5.41) is 0.878. The summed E-state index contributed by atoms with van der Waals surface area (Å²) in [5.74, 6) is -0.340. The lowest BCUT2D eigenvalue weighted by atomic mass is 9.85. The van der Waals surface area contributed by atoms with Crippen LogP contribution in [0, 0.1) is 5.41 Å². The zero-order valence-electron chi connectivity index (χ0n) is 14.0. The molecule has 1 saturated carbocycles. The quantitative estimate of drug-likeness (QED) is 0.664. The molecule has 6 nitrogen and oxygen atoms in total. The summed E-state index contributed by atoms with van der Waals surface area (Å²) < 4.78 is 14.7. The van der Waals surface area contributed by atoms with Crippen molar-refractivity contribution in [1.82, 2.24) is 14.5 Å². The van der Waals surface area contributed by atoms with E-state index in [1.807, 2.05) is 36.8 Å². The summed E-state index contributed by atoms with van der Waals surface area (Å²) >= 11 is 6.04. The molecule has 0 spiro atoms. The molecule has 1 aliphatic carbocycles. The van der Waals surface area contributed by atoms with Crippen LogP contribution in [-0.2, 0) is 15.2 Å². The highest BCUT2D eigenvalue weighted by Crippen LogP contribution is 2.58. The van der Waals surface area contributed by atoms with E-state index in [4.69, 9.17) is 26.8 Å². The lowest BCUT2D eigenvalue weighted by Gasteiger charge is -2.33. The van der Waals surface area contributed by atoms with Crippen molar-refractivity contribution in [1.29, 1.82) is 0 Å². The van der Waals surface area contributed by atoms with E-state index >= 15 is 0 Å². The minimum absolute atomic E-state index is 0.121. The Bertz CT molecular complexity index is 848. The van der Waals surface area contributed by atoms with Gasteiger partial charge in [0, 0.05) is 11.6 Å². The van der Waals surface area contributed by atoms with Crippen LogP contribution in [0.2, 0.25) is 5.28 Å². The van der Waals surface area contributed by atoms with E-state index in [1.54, 1.807) is 0 Å². The van der Waals surface area contributed by atoms with Gasteiger partial charge < -0.3 is 19.8 Å². The van der Waals surface area contributed by atoms with Gasteiger partial charge in [0.25, 0.3) is 0 Å². The fraction of sp³-hybridized carbons (Fsp3) is 0.529. The summed E-state index contributed by atoms with van der Waals surface area (Å²) in [4.78, 5) is 8.42. The van der Waals surface area contributed by atoms with Crippen molar-refractivity contribution in [2.45, 2.75) is 51.2 Å². The minimum atomic E-state index is -0.700. The van der Waals surface area contributed by atoms with Crippen molar-refractivity contribution in [3.05, 3.63) is 30.2 Å². The Balaban J connectivity index is 1.96. The van der Waals surface area contributed by atoms with Gasteiger partial charge in [0.1, 0.15) is 17.6 Å². The molecule has 4 rings (SSSR count). The largest absolute Gasteiger partial charge is 0.383 e. The van der Waals surface area contributed by atoms with Gasteiger partial charge >= 0.3 is 0 Å². The Labute approximate surface area is 145 Å². The van der Waals surface area contributed by atoms with E-state index in [-0.39, 0.29) is 16.8 Å². The molecule has 2 fully saturated rings. The number of anilines is 1. The topological polar surface area (TPSA) is 75.2 Å². The van der Waals surface area contributed by atoms with Crippen LogP contribution in [0.25, 0.3) is 11.0 Å². The molecule has 3 atom stereocenters. The second kappa shape index (κ2) is 4.71. The molecule has 0 bridgehead atoms. The minimum Gasteiger partial charge on any atom is -0.383 e. The van der Waals surface area contributed by atoms with Gasteiger partial charge in [-0.3, -0.25) is 0 Å². The predicted molar refractivity (Wildman–Crippen MR) is 92.5 cm³/mol. The first-order valence-corrected chi connectivity index (χ1v) is 8.41. The number of hydrogen-bond donors (Lipinski definition) is 1. The summed E-state index contributed by atoms with van der Waals surface area (Å²) in [7, 11) is 0. The van der Waals surface area contributed by atoms with Gasteiger partial charge in [-0.05, 0) is 44.4 Å². The number of nitrogens with zero attached hydrogens (tertiary/aromatic N) is 3. The maximum Gasteiger partial charge on any atom is 0.226 e. The SMILES string of the molecule is C=C[C@@]1(C)CC[C@]2(n3ccc4c(N)nc(Cl)nc43)OC(C)(C)O[C@H]12. The number of nitrogens with two attached hydrogens (primary N) is 1. The molecule has 2 N–H and O–H groups in total. The second-order valence-corrected chi connectivity index (χ2v) is 7.69. The van der Waals surface area contributed by atoms with Gasteiger partial charge in [0.05, 0.1) is 5.39 Å². The van der Waals surface area contributed by atoms with Crippen LogP contribution >= 0.6 is 11.6 Å². The lowest BCUT2D eigenvalue weighted by Crippen LogP contribution is -2.43. The fourth-order valence-corrected chi connectivity index (χ4v) is 4.28. The first kappa shape index (κ1) is 15.9. The molecule has 0 unspecified atom stereocenters. The van der Waals surface area contributed by atoms with Crippen LogP contribution < -0.4 is 5.73 Å². The van der Waals surface area contributed by atoms with E-state index in [0.717, 1.165) is 18.2 Å². The molecule has 24 heavy (non-hydrogen) atoms. The van der Waals surface area contributed by atoms with Crippen LogP contribution in [0.1, 0.15) is 33.6 Å². The molecule has 0 amide bonds. The van der Waals surface area contributed by atoms with Crippen LogP contribution in [0.15, 0.2) is 24.9 Å². The zero-order chi connectivity index (χ0) is 17.3. The third-order valence-electron chi connectivity index (χ3n) is 5.27. The van der Waals surface area contributed by atoms with Crippen LogP contribution in [0.4, 0.5) is 5.82 Å². The fourth-order valence-electron chi connectivity index (χ4n) is 4.11. The third-order valence-corrected chi connectivity index (χ3v) is 5.44. The third kappa shape index (κ3) is 1.96. The molecule has 128 valence electrons. The number of aromatic nitrogens is 3. The van der Waals surface area contributed by atoms with Gasteiger partial charge in [-0.15, -0.1) is 6.58 Å². The summed E-state index contributed by atoms with van der Waals surface area (Å²) in [6.07, 6.45) is 5.41. The number of halogens is 1. The predicted octanol–water partition coefficient (Wildman–Crippen LogP) is 3.46. The van der Waals surface area contributed by atoms with Gasteiger partial charge in [0.15, 0.2) is 11.5 Å². The second-order valence-electron chi connectivity index (χ2n) is 7.36. The molecular formula is C17H21ClN4O2. The Hall–Kier alpha value is -1.63. The van der Waals surface area contributed by atoms with Crippen LogP contribution in [-0.4, -0.2) is 26.4 Å². The molecule has 0 aromatic carbocycles. The van der Waals surface area contributed by atoms with E-state index in [0.29, 0.717) is 11.5 Å². The average molecular weight is 349 g/mol. The molecule has 1 aliphatic heterocycles. The maximum atomic E-state index is 6.44. The number of rotatable bonds is 2. The molecule has 1 saturated heterocycles. The van der Waals surface area contributed by atoms with Crippen molar-refractivity contribution in [2.75, 3.05) is 5.73 Å². The van der Waals surface area contributed by atoms with Crippen LogP contribution in [0.3, 0.4) is 0 Å². The summed E-state index contributed by atoms with van der Waals surface area (Å²) in [6, 6.07) is 1.89. The Morgan fingerprint density at radius 3 is 2.83 bits per heavy atom. The van der Waals surface area contributed by atoms with Crippen molar-refractivity contribution < 1.29 is 9.47 Å². The van der Waals surface area contributed by atoms with E-state index < -0.39 is 11.5 Å². The van der Waals surface area contributed by atoms with Gasteiger partial charge in [-0.1, -0.05) is 13.0 Å². The van der Waals surface area contributed by atoms with E-state index in [1.165, 1.54) is 0 Å². The molecule has 2 aliphatic rings. The maximum absolute atomic E-state index is 6.44. The van der Waals surface area contributed by atoms with E-state index in [2.05, 4.69) is 23.5 Å². The normalized spacial score (nSPS) is 34.6. The van der Waals surface area contributed by atoms with Crippen molar-refractivity contribution in [3.8, 4) is 0 Å². The highest BCUT2D eigenvalue weighted by atomic mass is 35.5. The monoisotopic (exact) mass is 348 g/mol. The molecule has 3 heterocycles. The summed E-state index contributed by atoms with van der Waals surface area (Å²) in [5.41, 5.74) is 5.80. The lowest BCUT2D eigenvalue weighted by molar-refractivity contribution is -0.188. The Kier molecular flexibility index (Phi) is 3.12. The Morgan fingerprint density at radius 1 is 1.38 bits per heavy atom. The zero-order valence-corrected chi connectivity index (χ0v) is 14.8. The van der Waals surface area contributed by atoms with Crippen molar-refractivity contribution in [3.63, 3.8) is 0 Å². The van der Waals surface area contributed by atoms with E-state index in [9.17, 15) is 0 Å². The van der Waals surface area contributed by atoms with Crippen molar-refractivity contribution >= 4 is 28.5 Å². The van der Waals surface area contributed by atoms with Gasteiger partial charge in [-0.2, -0.15) is 4.98 Å². The summed E-state index contributed by atoms with van der Waals surface area (Å²) in [6.45, 7) is 10.0. The first-order valence-electron chi connectivity index (χ1n) is 8.03. The number of ether oxygens (including phenoxy) is 2. The highest BCUT2D eigenvalue weighted by Gasteiger charge is 2.64. The Morgan fingerprint density at radius 2 is 2.12 bits per heavy atom. The standard InChI is InChI=1S/C17H21ClN4O2/c1-5-16(4)7-8-17(13(16)23-15(2,3)24-17)22-9-6-10-11(19)20-14(18)21-12(10)22/h5-6,9,13H,1,7-8H2,2-4H3,(H2,19,20,21)/t13-,16+,17+/m1/s1. The number of hydrogen-bond acceptors (Lipinski definition) is 5. The average Bonchev–Trinajstić information content (AvgIpc) is 3.11. The smallest absolute Gasteiger partial charge is 0.226 e. The molecule has 7 heteroatoms. The number of fused-ring (bicyclic) bond motifs is 2. The first-order chi connectivity index (χ1) is 11.2. The van der Waals surface area contributed by atoms with Gasteiger partial charge in [0.2, 0.25) is 5.28 Å². The molecule has 2 aromatic rings. The molecular weight excluding hydrogens is 328 g/mol.